The van der Waals surface area contributed by atoms with Gasteiger partial charge in [0.25, 0.3) is 0 Å². The van der Waals surface area contributed by atoms with Gasteiger partial charge in [0.1, 0.15) is 6.04 Å². The Kier molecular flexibility index (Phi) is 2.26. The first kappa shape index (κ1) is 8.97. The van der Waals surface area contributed by atoms with E-state index in [1.54, 1.807) is 0 Å². The zero-order chi connectivity index (χ0) is 9.42. The molecule has 0 saturated carbocycles. The van der Waals surface area contributed by atoms with Crippen molar-refractivity contribution in [1.29, 1.82) is 0 Å². The van der Waals surface area contributed by atoms with E-state index in [4.69, 9.17) is 10.5 Å². The molecule has 4 nitrogen and oxygen atoms in total. The van der Waals surface area contributed by atoms with Crippen molar-refractivity contribution in [3.63, 3.8) is 0 Å². The summed E-state index contributed by atoms with van der Waals surface area (Å²) in [5.74, 6) is 0.353. The Bertz CT molecular complexity index is 210. The van der Waals surface area contributed by atoms with Crippen LogP contribution < -0.4 is 5.73 Å². The highest BCUT2D eigenvalue weighted by molar-refractivity contribution is 5.77. The molecule has 74 valence electrons. The van der Waals surface area contributed by atoms with E-state index in [1.807, 2.05) is 0 Å². The summed E-state index contributed by atoms with van der Waals surface area (Å²) in [7, 11) is 1.43. The lowest BCUT2D eigenvalue weighted by Gasteiger charge is -2.47. The molecular formula is C9H16N2O2. The van der Waals surface area contributed by atoms with Crippen LogP contribution in [0.2, 0.25) is 0 Å². The van der Waals surface area contributed by atoms with Gasteiger partial charge in [-0.2, -0.15) is 0 Å². The van der Waals surface area contributed by atoms with Gasteiger partial charge in [-0.05, 0) is 31.8 Å². The molecule has 0 aliphatic carbocycles. The topological polar surface area (TPSA) is 55.6 Å². The Hall–Kier alpha value is -0.610. The van der Waals surface area contributed by atoms with Crippen molar-refractivity contribution in [2.24, 2.45) is 11.7 Å². The molecule has 2 unspecified atom stereocenters. The zero-order valence-electron chi connectivity index (χ0n) is 7.90. The summed E-state index contributed by atoms with van der Waals surface area (Å²) in [6.45, 7) is 2.00. The number of ether oxygens (including phenoxy) is 1. The minimum absolute atomic E-state index is 0.0186. The van der Waals surface area contributed by atoms with Crippen molar-refractivity contribution < 1.29 is 9.53 Å². The molecule has 0 aromatic carbocycles. The first-order valence-electron chi connectivity index (χ1n) is 4.81. The Morgan fingerprint density at radius 2 is 2.08 bits per heavy atom. The summed E-state index contributed by atoms with van der Waals surface area (Å²) >= 11 is 0. The van der Waals surface area contributed by atoms with Gasteiger partial charge in [-0.25, -0.2) is 0 Å². The van der Waals surface area contributed by atoms with Crippen LogP contribution in [-0.2, 0) is 9.53 Å². The van der Waals surface area contributed by atoms with Crippen LogP contribution in [0.5, 0.6) is 0 Å². The minimum atomic E-state index is -0.183. The average molecular weight is 184 g/mol. The van der Waals surface area contributed by atoms with Crippen LogP contribution in [-0.4, -0.2) is 43.2 Å². The van der Waals surface area contributed by atoms with Crippen LogP contribution in [0.4, 0.5) is 0 Å². The highest BCUT2D eigenvalue weighted by Gasteiger charge is 2.44. The van der Waals surface area contributed by atoms with Gasteiger partial charge in [0, 0.05) is 6.04 Å². The van der Waals surface area contributed by atoms with E-state index in [1.165, 1.54) is 7.11 Å². The van der Waals surface area contributed by atoms with Crippen molar-refractivity contribution in [3.8, 4) is 0 Å². The number of nitrogens with two attached hydrogens (primary N) is 1. The number of carbonyl (C=O) groups excluding carboxylic acids is 1. The largest absolute Gasteiger partial charge is 0.468 e. The Balaban J connectivity index is 2.14. The normalized spacial score (nSPS) is 43.2. The van der Waals surface area contributed by atoms with Gasteiger partial charge in [0.15, 0.2) is 0 Å². The molecule has 3 aliphatic rings. The van der Waals surface area contributed by atoms with Crippen LogP contribution in [0.3, 0.4) is 0 Å². The predicted molar refractivity (Wildman–Crippen MR) is 48.1 cm³/mol. The molecule has 0 amide bonds. The SMILES string of the molecule is COC(=O)C1C(N)C2CCN1CC2. The standard InChI is InChI=1S/C9H16N2O2/c1-13-9(12)8-7(10)6-2-4-11(8)5-3-6/h6-8H,2-5,10H2,1H3. The molecule has 3 saturated heterocycles. The number of rotatable bonds is 1. The highest BCUT2D eigenvalue weighted by Crippen LogP contribution is 2.31. The van der Waals surface area contributed by atoms with Gasteiger partial charge >= 0.3 is 5.97 Å². The van der Waals surface area contributed by atoms with Crippen molar-refractivity contribution in [2.75, 3.05) is 20.2 Å². The molecule has 0 radical (unpaired) electrons. The third-order valence-corrected chi connectivity index (χ3v) is 3.32. The molecule has 0 aromatic heterocycles. The summed E-state index contributed by atoms with van der Waals surface area (Å²) in [4.78, 5) is 13.6. The summed E-state index contributed by atoms with van der Waals surface area (Å²) < 4.78 is 4.75. The number of piperidine rings is 3. The molecule has 3 rings (SSSR count). The van der Waals surface area contributed by atoms with Crippen molar-refractivity contribution in [1.82, 2.24) is 4.90 Å². The molecule has 0 aromatic rings. The first-order chi connectivity index (χ1) is 6.24. The van der Waals surface area contributed by atoms with Crippen LogP contribution in [0.15, 0.2) is 0 Å². The van der Waals surface area contributed by atoms with Gasteiger partial charge < -0.3 is 10.5 Å². The van der Waals surface area contributed by atoms with E-state index >= 15 is 0 Å². The smallest absolute Gasteiger partial charge is 0.324 e. The Morgan fingerprint density at radius 1 is 1.46 bits per heavy atom. The number of carbonyl (C=O) groups is 1. The van der Waals surface area contributed by atoms with Crippen LogP contribution in [0.25, 0.3) is 0 Å². The second-order valence-corrected chi connectivity index (χ2v) is 3.92. The fourth-order valence-corrected chi connectivity index (χ4v) is 2.51. The van der Waals surface area contributed by atoms with Crippen molar-refractivity contribution in [3.05, 3.63) is 0 Å². The lowest BCUT2D eigenvalue weighted by atomic mass is 9.79. The quantitative estimate of drug-likeness (QED) is 0.562. The fourth-order valence-electron chi connectivity index (χ4n) is 2.51. The van der Waals surface area contributed by atoms with Gasteiger partial charge in [-0.3, -0.25) is 9.69 Å². The second kappa shape index (κ2) is 3.27. The van der Waals surface area contributed by atoms with Crippen LogP contribution in [0.1, 0.15) is 12.8 Å². The lowest BCUT2D eigenvalue weighted by molar-refractivity contribution is -0.152. The van der Waals surface area contributed by atoms with Gasteiger partial charge in [-0.15, -0.1) is 0 Å². The molecule has 3 heterocycles. The summed E-state index contributed by atoms with van der Waals surface area (Å²) in [6.07, 6.45) is 2.27. The lowest BCUT2D eigenvalue weighted by Crippen LogP contribution is -2.64. The Labute approximate surface area is 78.0 Å². The predicted octanol–water partition coefficient (Wildman–Crippen LogP) is -0.419. The van der Waals surface area contributed by atoms with Gasteiger partial charge in [0.05, 0.1) is 7.11 Å². The van der Waals surface area contributed by atoms with E-state index in [9.17, 15) is 4.79 Å². The molecule has 3 fully saturated rings. The van der Waals surface area contributed by atoms with Crippen LogP contribution >= 0.6 is 0 Å². The fraction of sp³-hybridized carbons (Fsp3) is 0.889. The molecule has 2 bridgehead atoms. The van der Waals surface area contributed by atoms with E-state index < -0.39 is 0 Å². The van der Waals surface area contributed by atoms with Crippen LogP contribution in [0, 0.1) is 5.92 Å². The number of hydrogen-bond donors (Lipinski definition) is 1. The van der Waals surface area contributed by atoms with E-state index in [-0.39, 0.29) is 18.1 Å². The number of nitrogens with zero attached hydrogens (tertiary/aromatic N) is 1. The maximum absolute atomic E-state index is 11.4. The average Bonchev–Trinajstić information content (AvgIpc) is 2.18. The highest BCUT2D eigenvalue weighted by atomic mass is 16.5. The summed E-state index contributed by atoms with van der Waals surface area (Å²) in [5, 5.41) is 0. The monoisotopic (exact) mass is 184 g/mol. The van der Waals surface area contributed by atoms with Crippen molar-refractivity contribution >= 4 is 5.97 Å². The third kappa shape index (κ3) is 1.34. The molecule has 2 atom stereocenters. The van der Waals surface area contributed by atoms with Gasteiger partial charge in [-0.1, -0.05) is 0 Å². The summed E-state index contributed by atoms with van der Waals surface area (Å²) in [5.41, 5.74) is 6.00. The maximum Gasteiger partial charge on any atom is 0.324 e. The Morgan fingerprint density at radius 3 is 2.54 bits per heavy atom. The molecule has 13 heavy (non-hydrogen) atoms. The third-order valence-electron chi connectivity index (χ3n) is 3.32. The molecular weight excluding hydrogens is 168 g/mol. The zero-order valence-corrected chi connectivity index (χ0v) is 7.90. The maximum atomic E-state index is 11.4. The van der Waals surface area contributed by atoms with Gasteiger partial charge in [0.2, 0.25) is 0 Å². The molecule has 2 N–H and O–H groups in total. The second-order valence-electron chi connectivity index (χ2n) is 3.92. The van der Waals surface area contributed by atoms with E-state index in [0.717, 1.165) is 25.9 Å². The number of hydrogen-bond acceptors (Lipinski definition) is 4. The van der Waals surface area contributed by atoms with E-state index in [2.05, 4.69) is 4.90 Å². The molecule has 0 spiro atoms. The molecule has 4 heteroatoms. The number of esters is 1. The first-order valence-corrected chi connectivity index (χ1v) is 4.81. The number of fused-ring (bicyclic) bond motifs is 3. The molecule has 3 aliphatic heterocycles. The number of methoxy groups -OCH3 is 1. The summed E-state index contributed by atoms with van der Waals surface area (Å²) in [6, 6.07) is -0.201. The van der Waals surface area contributed by atoms with E-state index in [0.29, 0.717) is 5.92 Å². The minimum Gasteiger partial charge on any atom is -0.468 e. The van der Waals surface area contributed by atoms with Crippen molar-refractivity contribution in [2.45, 2.75) is 24.9 Å².